The predicted octanol–water partition coefficient (Wildman–Crippen LogP) is 4.41. The lowest BCUT2D eigenvalue weighted by Gasteiger charge is -2.17. The van der Waals surface area contributed by atoms with E-state index >= 15 is 0 Å². The summed E-state index contributed by atoms with van der Waals surface area (Å²) >= 11 is 0. The minimum Gasteiger partial charge on any atom is -0.457 e. The van der Waals surface area contributed by atoms with E-state index in [1.54, 1.807) is 19.0 Å². The molecule has 3 rings (SSSR count). The molecule has 1 aromatic heterocycles. The maximum absolute atomic E-state index is 12.8. The summed E-state index contributed by atoms with van der Waals surface area (Å²) in [7, 11) is 5.57. The second-order valence-electron chi connectivity index (χ2n) is 7.32. The summed E-state index contributed by atoms with van der Waals surface area (Å²) in [5.41, 5.74) is 3.34. The molecule has 6 nitrogen and oxygen atoms in total. The summed E-state index contributed by atoms with van der Waals surface area (Å²) in [4.78, 5) is 16.6. The molecular weight excluding hydrogens is 364 g/mol. The van der Waals surface area contributed by atoms with Crippen molar-refractivity contribution in [2.24, 2.45) is 0 Å². The first-order valence-corrected chi connectivity index (χ1v) is 9.79. The van der Waals surface area contributed by atoms with Gasteiger partial charge < -0.3 is 14.5 Å². The van der Waals surface area contributed by atoms with Crippen molar-refractivity contribution in [3.05, 3.63) is 65.9 Å². The van der Waals surface area contributed by atoms with Gasteiger partial charge in [-0.25, -0.2) is 0 Å². The van der Waals surface area contributed by atoms with Crippen molar-refractivity contribution < 1.29 is 9.53 Å². The number of hydrogen-bond donors (Lipinski definition) is 1. The molecule has 0 atom stereocenters. The lowest BCUT2D eigenvalue weighted by Crippen LogP contribution is -2.22. The number of rotatable bonds is 8. The number of hydrogen-bond acceptors (Lipinski definition) is 4. The molecule has 29 heavy (non-hydrogen) atoms. The van der Waals surface area contributed by atoms with E-state index in [1.165, 1.54) is 0 Å². The number of ether oxygens (including phenoxy) is 1. The number of aromatic nitrogens is 2. The van der Waals surface area contributed by atoms with Crippen LogP contribution >= 0.6 is 0 Å². The minimum absolute atomic E-state index is 0.113. The van der Waals surface area contributed by atoms with Crippen LogP contribution in [0.5, 0.6) is 11.5 Å². The Balaban J connectivity index is 1.97. The fourth-order valence-electron chi connectivity index (χ4n) is 3.23. The Morgan fingerprint density at radius 1 is 1.10 bits per heavy atom. The Morgan fingerprint density at radius 3 is 2.55 bits per heavy atom. The second-order valence-corrected chi connectivity index (χ2v) is 7.32. The first-order valence-electron chi connectivity index (χ1n) is 9.79. The Hall–Kier alpha value is -3.12. The fourth-order valence-corrected chi connectivity index (χ4v) is 3.23. The average Bonchev–Trinajstić information content (AvgIpc) is 3.16. The van der Waals surface area contributed by atoms with Gasteiger partial charge in [0.25, 0.3) is 5.91 Å². The quantitative estimate of drug-likeness (QED) is 0.617. The van der Waals surface area contributed by atoms with Gasteiger partial charge >= 0.3 is 0 Å². The molecule has 1 amide bonds. The van der Waals surface area contributed by atoms with Gasteiger partial charge in [-0.05, 0) is 50.3 Å². The summed E-state index contributed by atoms with van der Waals surface area (Å²) < 4.78 is 6.00. The van der Waals surface area contributed by atoms with E-state index in [0.717, 1.165) is 36.3 Å². The van der Waals surface area contributed by atoms with Gasteiger partial charge in [0.15, 0.2) is 0 Å². The van der Waals surface area contributed by atoms with E-state index in [4.69, 9.17) is 4.74 Å². The van der Waals surface area contributed by atoms with Crippen LogP contribution in [0.1, 0.15) is 29.3 Å². The molecule has 3 aromatic rings. The normalized spacial score (nSPS) is 10.9. The van der Waals surface area contributed by atoms with Gasteiger partial charge in [-0.1, -0.05) is 25.1 Å². The third-order valence-corrected chi connectivity index (χ3v) is 4.63. The molecule has 0 saturated carbocycles. The van der Waals surface area contributed by atoms with Crippen LogP contribution < -0.4 is 4.74 Å². The van der Waals surface area contributed by atoms with E-state index in [9.17, 15) is 4.79 Å². The van der Waals surface area contributed by atoms with E-state index in [0.29, 0.717) is 17.1 Å². The van der Waals surface area contributed by atoms with Gasteiger partial charge in [-0.15, -0.1) is 0 Å². The smallest absolute Gasteiger partial charge is 0.257 e. The highest BCUT2D eigenvalue weighted by molar-refractivity contribution is 5.98. The highest BCUT2D eigenvalue weighted by Crippen LogP contribution is 2.31. The molecule has 0 unspecified atom stereocenters. The van der Waals surface area contributed by atoms with Gasteiger partial charge in [0.05, 0.1) is 11.3 Å². The molecular formula is C23H28N4O2. The number of nitrogens with one attached hydrogen (secondary N) is 1. The Bertz CT molecular complexity index is 951. The third kappa shape index (κ3) is 5.03. The number of carbonyl (C=O) groups excluding carboxylic acids is 1. The molecule has 0 aliphatic carbocycles. The lowest BCUT2D eigenvalue weighted by atomic mass is 10.0. The van der Waals surface area contributed by atoms with E-state index in [-0.39, 0.29) is 5.91 Å². The summed E-state index contributed by atoms with van der Waals surface area (Å²) in [5.74, 6) is 1.10. The van der Waals surface area contributed by atoms with Gasteiger partial charge in [0, 0.05) is 38.0 Å². The van der Waals surface area contributed by atoms with Crippen LogP contribution in [0, 0.1) is 0 Å². The largest absolute Gasteiger partial charge is 0.457 e. The highest BCUT2D eigenvalue weighted by Gasteiger charge is 2.19. The third-order valence-electron chi connectivity index (χ3n) is 4.63. The molecule has 2 aromatic carbocycles. The van der Waals surface area contributed by atoms with Crippen LogP contribution in [0.15, 0.2) is 54.7 Å². The number of amides is 1. The van der Waals surface area contributed by atoms with Crippen LogP contribution in [-0.2, 0) is 6.54 Å². The number of carbonyl (C=O) groups is 1. The van der Waals surface area contributed by atoms with Crippen LogP contribution in [0.4, 0.5) is 0 Å². The number of para-hydroxylation sites is 1. The first kappa shape index (κ1) is 20.6. The van der Waals surface area contributed by atoms with Crippen molar-refractivity contribution in [1.82, 2.24) is 20.0 Å². The van der Waals surface area contributed by atoms with Gasteiger partial charge in [0.2, 0.25) is 0 Å². The fraction of sp³-hybridized carbons (Fsp3) is 0.304. The zero-order valence-corrected chi connectivity index (χ0v) is 17.5. The molecule has 152 valence electrons. The zero-order chi connectivity index (χ0) is 20.8. The van der Waals surface area contributed by atoms with Crippen molar-refractivity contribution in [3.63, 3.8) is 0 Å². The maximum Gasteiger partial charge on any atom is 0.257 e. The minimum atomic E-state index is -0.113. The van der Waals surface area contributed by atoms with Crippen LogP contribution in [-0.4, -0.2) is 53.6 Å². The van der Waals surface area contributed by atoms with Crippen molar-refractivity contribution in [3.8, 4) is 22.8 Å². The SMILES string of the molecule is CCCN(C)Cc1c[nH]nc1-c1ccc(Oc2ccccc2)c(C(=O)N(C)C)c1. The zero-order valence-electron chi connectivity index (χ0n) is 17.5. The Labute approximate surface area is 172 Å². The number of benzene rings is 2. The van der Waals surface area contributed by atoms with Gasteiger partial charge in [0.1, 0.15) is 11.5 Å². The maximum atomic E-state index is 12.8. The van der Waals surface area contributed by atoms with Gasteiger partial charge in [-0.3, -0.25) is 9.89 Å². The van der Waals surface area contributed by atoms with Crippen LogP contribution in [0.3, 0.4) is 0 Å². The molecule has 1 heterocycles. The topological polar surface area (TPSA) is 61.5 Å². The highest BCUT2D eigenvalue weighted by atomic mass is 16.5. The first-order chi connectivity index (χ1) is 14.0. The molecule has 0 radical (unpaired) electrons. The van der Waals surface area contributed by atoms with Crippen molar-refractivity contribution in [2.45, 2.75) is 19.9 Å². The van der Waals surface area contributed by atoms with E-state index in [1.807, 2.05) is 54.7 Å². The number of nitrogens with zero attached hydrogens (tertiary/aromatic N) is 3. The number of aromatic amines is 1. The average molecular weight is 393 g/mol. The number of H-pyrrole nitrogens is 1. The Kier molecular flexibility index (Phi) is 6.67. The van der Waals surface area contributed by atoms with Gasteiger partial charge in [-0.2, -0.15) is 5.10 Å². The molecule has 0 aliphatic rings. The monoisotopic (exact) mass is 392 g/mol. The van der Waals surface area contributed by atoms with Crippen LogP contribution in [0.2, 0.25) is 0 Å². The molecule has 6 heteroatoms. The molecule has 0 saturated heterocycles. The van der Waals surface area contributed by atoms with Crippen LogP contribution in [0.25, 0.3) is 11.3 Å². The van der Waals surface area contributed by atoms with E-state index < -0.39 is 0 Å². The molecule has 1 N–H and O–H groups in total. The summed E-state index contributed by atoms with van der Waals surface area (Å²) in [6.45, 7) is 3.97. The second kappa shape index (κ2) is 9.39. The lowest BCUT2D eigenvalue weighted by molar-refractivity contribution is 0.0825. The molecule has 0 aliphatic heterocycles. The predicted molar refractivity (Wildman–Crippen MR) is 115 cm³/mol. The van der Waals surface area contributed by atoms with Crippen molar-refractivity contribution in [1.29, 1.82) is 0 Å². The van der Waals surface area contributed by atoms with E-state index in [2.05, 4.69) is 29.1 Å². The summed E-state index contributed by atoms with van der Waals surface area (Å²) in [6, 6.07) is 15.1. The molecule has 0 fully saturated rings. The summed E-state index contributed by atoms with van der Waals surface area (Å²) in [5, 5.41) is 7.41. The van der Waals surface area contributed by atoms with Crippen molar-refractivity contribution >= 4 is 5.91 Å². The summed E-state index contributed by atoms with van der Waals surface area (Å²) in [6.07, 6.45) is 3.01. The standard InChI is InChI=1S/C23H28N4O2/c1-5-13-27(4)16-18-15-24-25-22(18)17-11-12-21(20(14-17)23(28)26(2)3)29-19-9-7-6-8-10-19/h6-12,14-15H,5,13,16H2,1-4H3,(H,24,25). The van der Waals surface area contributed by atoms with Crippen molar-refractivity contribution in [2.75, 3.05) is 27.7 Å². The molecule has 0 spiro atoms. The Morgan fingerprint density at radius 2 is 1.86 bits per heavy atom. The molecule has 0 bridgehead atoms.